The minimum absolute atomic E-state index is 0.236. The number of nitrogens with two attached hydrogens (primary N) is 1. The van der Waals surface area contributed by atoms with Gasteiger partial charge in [-0.25, -0.2) is 4.98 Å². The van der Waals surface area contributed by atoms with Gasteiger partial charge in [0, 0.05) is 35.9 Å². The maximum absolute atomic E-state index is 13.4. The molecule has 0 spiro atoms. The third-order valence-corrected chi connectivity index (χ3v) is 6.25. The molecule has 0 aliphatic rings. The Balaban J connectivity index is 1.57. The Morgan fingerprint density at radius 1 is 1.05 bits per heavy atom. The highest BCUT2D eigenvalue weighted by atomic mass is 16.5. The standard InChI is InChI=1S/C27H25N7O4/c1-5-34-21(19-9-10-20(32-31-19)22-15(3)38-33(4)27(22)37)13-17-11-14(2)29-23(24(17)34)26(36)30-18-8-6-7-16(12-18)25(28)35/h6-13H,5H2,1-4H3,(H2,28,35)(H,30,36). The summed E-state index contributed by atoms with van der Waals surface area (Å²) in [5.74, 6) is -0.551. The summed E-state index contributed by atoms with van der Waals surface area (Å²) in [4.78, 5) is 41.9. The maximum atomic E-state index is 13.4. The highest BCUT2D eigenvalue weighted by molar-refractivity contribution is 6.11. The molecule has 0 radical (unpaired) electrons. The minimum atomic E-state index is -0.586. The van der Waals surface area contributed by atoms with E-state index in [9.17, 15) is 14.4 Å². The van der Waals surface area contributed by atoms with E-state index >= 15 is 0 Å². The number of pyridine rings is 1. The highest BCUT2D eigenvalue weighted by Crippen LogP contribution is 2.30. The zero-order valence-corrected chi connectivity index (χ0v) is 21.3. The molecule has 2 amide bonds. The quantitative estimate of drug-likeness (QED) is 0.354. The summed E-state index contributed by atoms with van der Waals surface area (Å²) in [6.07, 6.45) is 0. The molecular weight excluding hydrogens is 486 g/mol. The van der Waals surface area contributed by atoms with E-state index in [4.69, 9.17) is 10.3 Å². The van der Waals surface area contributed by atoms with Gasteiger partial charge in [-0.15, -0.1) is 10.2 Å². The number of nitrogens with one attached hydrogen (secondary N) is 1. The van der Waals surface area contributed by atoms with Gasteiger partial charge in [-0.05, 0) is 63.2 Å². The lowest BCUT2D eigenvalue weighted by Crippen LogP contribution is -2.17. The summed E-state index contributed by atoms with van der Waals surface area (Å²) in [5, 5.41) is 12.3. The van der Waals surface area contributed by atoms with Crippen LogP contribution in [0.4, 0.5) is 5.69 Å². The Labute approximate surface area is 216 Å². The Kier molecular flexibility index (Phi) is 6.11. The lowest BCUT2D eigenvalue weighted by atomic mass is 10.1. The van der Waals surface area contributed by atoms with Crippen LogP contribution < -0.4 is 16.6 Å². The molecule has 4 aromatic heterocycles. The third-order valence-electron chi connectivity index (χ3n) is 6.25. The molecule has 0 aliphatic carbocycles. The number of rotatable bonds is 6. The Morgan fingerprint density at radius 2 is 1.79 bits per heavy atom. The maximum Gasteiger partial charge on any atom is 0.291 e. The molecule has 5 rings (SSSR count). The summed E-state index contributed by atoms with van der Waals surface area (Å²) >= 11 is 0. The average Bonchev–Trinajstić information content (AvgIpc) is 3.38. The summed E-state index contributed by atoms with van der Waals surface area (Å²) in [6.45, 7) is 6.01. The fraction of sp³-hybridized carbons (Fsp3) is 0.185. The van der Waals surface area contributed by atoms with Gasteiger partial charge in [-0.3, -0.25) is 14.4 Å². The third kappa shape index (κ3) is 4.23. The van der Waals surface area contributed by atoms with Gasteiger partial charge in [-0.2, -0.15) is 4.74 Å². The van der Waals surface area contributed by atoms with E-state index in [0.29, 0.717) is 46.2 Å². The van der Waals surface area contributed by atoms with Gasteiger partial charge < -0.3 is 20.1 Å². The van der Waals surface area contributed by atoms with Crippen molar-refractivity contribution in [2.24, 2.45) is 12.8 Å². The largest absolute Gasteiger partial charge is 0.381 e. The highest BCUT2D eigenvalue weighted by Gasteiger charge is 2.22. The van der Waals surface area contributed by atoms with E-state index in [1.165, 1.54) is 6.07 Å². The van der Waals surface area contributed by atoms with Crippen LogP contribution in [0.1, 0.15) is 39.2 Å². The summed E-state index contributed by atoms with van der Waals surface area (Å²) in [7, 11) is 1.54. The number of benzene rings is 1. The normalized spacial score (nSPS) is 11.2. The molecule has 0 saturated heterocycles. The number of hydrogen-bond acceptors (Lipinski definition) is 7. The second kappa shape index (κ2) is 9.43. The monoisotopic (exact) mass is 511 g/mol. The van der Waals surface area contributed by atoms with Crippen molar-refractivity contribution in [3.8, 4) is 22.6 Å². The van der Waals surface area contributed by atoms with Crippen molar-refractivity contribution in [2.75, 3.05) is 5.32 Å². The Hall–Kier alpha value is -5.06. The number of aryl methyl sites for hydroxylation is 4. The van der Waals surface area contributed by atoms with Crippen LogP contribution in [0.15, 0.2) is 57.8 Å². The smallest absolute Gasteiger partial charge is 0.291 e. The van der Waals surface area contributed by atoms with Crippen LogP contribution in [0.2, 0.25) is 0 Å². The average molecular weight is 512 g/mol. The Bertz CT molecular complexity index is 1780. The molecule has 0 atom stereocenters. The fourth-order valence-electron chi connectivity index (χ4n) is 4.56. The number of nitrogens with zero attached hydrogens (tertiary/aromatic N) is 5. The first-order chi connectivity index (χ1) is 18.2. The van der Waals surface area contributed by atoms with Crippen molar-refractivity contribution in [3.05, 3.63) is 81.6 Å². The molecule has 11 nitrogen and oxygen atoms in total. The zero-order valence-electron chi connectivity index (χ0n) is 21.3. The van der Waals surface area contributed by atoms with E-state index < -0.39 is 11.8 Å². The molecule has 5 aromatic rings. The van der Waals surface area contributed by atoms with Crippen molar-refractivity contribution in [3.63, 3.8) is 0 Å². The molecule has 0 fully saturated rings. The van der Waals surface area contributed by atoms with E-state index in [0.717, 1.165) is 15.8 Å². The van der Waals surface area contributed by atoms with E-state index in [1.54, 1.807) is 44.3 Å². The number of primary amides is 1. The van der Waals surface area contributed by atoms with Gasteiger partial charge in [-0.1, -0.05) is 6.07 Å². The van der Waals surface area contributed by atoms with Crippen molar-refractivity contribution in [1.29, 1.82) is 0 Å². The van der Waals surface area contributed by atoms with Crippen LogP contribution >= 0.6 is 0 Å². The second-order valence-corrected chi connectivity index (χ2v) is 8.85. The van der Waals surface area contributed by atoms with Crippen LogP contribution in [0.3, 0.4) is 0 Å². The second-order valence-electron chi connectivity index (χ2n) is 8.85. The minimum Gasteiger partial charge on any atom is -0.381 e. The molecule has 192 valence electrons. The lowest BCUT2D eigenvalue weighted by molar-refractivity contribution is 0.0995. The van der Waals surface area contributed by atoms with Gasteiger partial charge in [0.15, 0.2) is 5.69 Å². The van der Waals surface area contributed by atoms with E-state index in [-0.39, 0.29) is 16.8 Å². The van der Waals surface area contributed by atoms with Gasteiger partial charge in [0.05, 0.1) is 11.2 Å². The van der Waals surface area contributed by atoms with Crippen LogP contribution in [0.5, 0.6) is 0 Å². The molecule has 0 saturated carbocycles. The molecule has 3 N–H and O–H groups in total. The molecule has 0 bridgehead atoms. The van der Waals surface area contributed by atoms with Gasteiger partial charge >= 0.3 is 0 Å². The number of aromatic nitrogens is 5. The molecule has 0 unspecified atom stereocenters. The number of fused-ring (bicyclic) bond motifs is 1. The lowest BCUT2D eigenvalue weighted by Gasteiger charge is -2.12. The van der Waals surface area contributed by atoms with Crippen LogP contribution in [0, 0.1) is 13.8 Å². The predicted molar refractivity (Wildman–Crippen MR) is 142 cm³/mol. The van der Waals surface area contributed by atoms with Crippen molar-refractivity contribution in [2.45, 2.75) is 27.3 Å². The molecular formula is C27H25N7O4. The fourth-order valence-corrected chi connectivity index (χ4v) is 4.56. The van der Waals surface area contributed by atoms with Crippen molar-refractivity contribution in [1.82, 2.24) is 24.5 Å². The van der Waals surface area contributed by atoms with Gasteiger partial charge in [0.25, 0.3) is 11.5 Å². The number of anilines is 1. The number of carbonyl (C=O) groups excluding carboxylic acids is 2. The first-order valence-corrected chi connectivity index (χ1v) is 11.9. The number of carbonyl (C=O) groups is 2. The SMILES string of the molecule is CCn1c(-c2ccc(-c3c(C)on(C)c3=O)nn2)cc2cc(C)nc(C(=O)Nc3cccc(C(N)=O)c3)c21. The van der Waals surface area contributed by atoms with E-state index in [1.807, 2.05) is 30.5 Å². The summed E-state index contributed by atoms with van der Waals surface area (Å²) in [5.41, 5.74) is 9.44. The Morgan fingerprint density at radius 3 is 2.42 bits per heavy atom. The van der Waals surface area contributed by atoms with Crippen LogP contribution in [0.25, 0.3) is 33.5 Å². The number of amides is 2. The zero-order chi connectivity index (χ0) is 27.1. The topological polar surface area (TPSA) is 151 Å². The molecule has 38 heavy (non-hydrogen) atoms. The van der Waals surface area contributed by atoms with Crippen LogP contribution in [-0.4, -0.2) is 36.3 Å². The predicted octanol–water partition coefficient (Wildman–Crippen LogP) is 3.44. The van der Waals surface area contributed by atoms with E-state index in [2.05, 4.69) is 20.5 Å². The first-order valence-electron chi connectivity index (χ1n) is 11.9. The molecule has 11 heteroatoms. The molecule has 1 aromatic carbocycles. The van der Waals surface area contributed by atoms with Crippen molar-refractivity contribution >= 4 is 28.4 Å². The number of hydrogen-bond donors (Lipinski definition) is 2. The molecule has 0 aliphatic heterocycles. The van der Waals surface area contributed by atoms with Gasteiger partial charge in [0.2, 0.25) is 5.91 Å². The molecule has 4 heterocycles. The van der Waals surface area contributed by atoms with Crippen LogP contribution in [-0.2, 0) is 13.6 Å². The van der Waals surface area contributed by atoms with Gasteiger partial charge in [0.1, 0.15) is 22.7 Å². The van der Waals surface area contributed by atoms with Crippen molar-refractivity contribution < 1.29 is 14.1 Å². The first kappa shape index (κ1) is 24.6. The summed E-state index contributed by atoms with van der Waals surface area (Å²) < 4.78 is 8.46. The summed E-state index contributed by atoms with van der Waals surface area (Å²) in [6, 6.07) is 13.8.